The van der Waals surface area contributed by atoms with E-state index < -0.39 is 6.03 Å². The van der Waals surface area contributed by atoms with Gasteiger partial charge in [-0.05, 0) is 11.8 Å². The van der Waals surface area contributed by atoms with E-state index in [9.17, 15) is 9.59 Å². The lowest BCUT2D eigenvalue weighted by atomic mass is 9.92. The summed E-state index contributed by atoms with van der Waals surface area (Å²) in [5.41, 5.74) is 0.174. The molecule has 0 heterocycles. The molecule has 0 radical (unpaired) electrons. The highest BCUT2D eigenvalue weighted by molar-refractivity contribution is 6.19. The van der Waals surface area contributed by atoms with Crippen LogP contribution >= 0.6 is 11.6 Å². The van der Waals surface area contributed by atoms with Crippen molar-refractivity contribution in [3.8, 4) is 0 Å². The van der Waals surface area contributed by atoms with Crippen LogP contribution in [-0.2, 0) is 4.79 Å². The fourth-order valence-electron chi connectivity index (χ4n) is 0.870. The van der Waals surface area contributed by atoms with Crippen LogP contribution in [0.1, 0.15) is 33.6 Å². The SMILES string of the molecule is CC(C)(C)CCNC(=O)NC(=O)CCCl. The third-order valence-electron chi connectivity index (χ3n) is 1.74. The second kappa shape index (κ2) is 6.67. The van der Waals surface area contributed by atoms with E-state index in [1.165, 1.54) is 0 Å². The Kier molecular flexibility index (Phi) is 6.32. The molecule has 0 rings (SSSR count). The van der Waals surface area contributed by atoms with Crippen molar-refractivity contribution in [1.29, 1.82) is 0 Å². The zero-order valence-electron chi connectivity index (χ0n) is 9.52. The van der Waals surface area contributed by atoms with Crippen molar-refractivity contribution in [2.24, 2.45) is 5.41 Å². The summed E-state index contributed by atoms with van der Waals surface area (Å²) in [4.78, 5) is 22.1. The van der Waals surface area contributed by atoms with Crippen LogP contribution < -0.4 is 10.6 Å². The zero-order chi connectivity index (χ0) is 11.9. The van der Waals surface area contributed by atoms with Crippen molar-refractivity contribution in [2.45, 2.75) is 33.6 Å². The van der Waals surface area contributed by atoms with Gasteiger partial charge >= 0.3 is 6.03 Å². The molecule has 5 heteroatoms. The maximum absolute atomic E-state index is 11.1. The van der Waals surface area contributed by atoms with Gasteiger partial charge < -0.3 is 5.32 Å². The van der Waals surface area contributed by atoms with Crippen LogP contribution in [-0.4, -0.2) is 24.4 Å². The zero-order valence-corrected chi connectivity index (χ0v) is 10.3. The molecule has 0 atom stereocenters. The molecule has 2 N–H and O–H groups in total. The van der Waals surface area contributed by atoms with Gasteiger partial charge in [-0.25, -0.2) is 4.79 Å². The number of carbonyl (C=O) groups is 2. The number of hydrogen-bond donors (Lipinski definition) is 2. The fourth-order valence-corrected chi connectivity index (χ4v) is 1.04. The predicted molar refractivity (Wildman–Crippen MR) is 61.0 cm³/mol. The van der Waals surface area contributed by atoms with Gasteiger partial charge in [0, 0.05) is 18.8 Å². The first-order valence-electron chi connectivity index (χ1n) is 4.99. The summed E-state index contributed by atoms with van der Waals surface area (Å²) >= 11 is 5.35. The van der Waals surface area contributed by atoms with Gasteiger partial charge in [-0.1, -0.05) is 20.8 Å². The van der Waals surface area contributed by atoms with Crippen LogP contribution in [0.3, 0.4) is 0 Å². The van der Waals surface area contributed by atoms with Crippen molar-refractivity contribution in [3.05, 3.63) is 0 Å². The van der Waals surface area contributed by atoms with Crippen molar-refractivity contribution in [2.75, 3.05) is 12.4 Å². The first-order valence-corrected chi connectivity index (χ1v) is 5.52. The first kappa shape index (κ1) is 14.2. The standard InChI is InChI=1S/C10H19ClN2O2/c1-10(2,3)5-7-12-9(15)13-8(14)4-6-11/h4-7H2,1-3H3,(H2,12,13,14,15). The maximum Gasteiger partial charge on any atom is 0.321 e. The summed E-state index contributed by atoms with van der Waals surface area (Å²) in [6.07, 6.45) is 1.03. The molecule has 0 aromatic heterocycles. The van der Waals surface area contributed by atoms with Gasteiger partial charge in [0.15, 0.2) is 0 Å². The number of carbonyl (C=O) groups excluding carboxylic acids is 2. The Morgan fingerprint density at radius 1 is 1.27 bits per heavy atom. The van der Waals surface area contributed by atoms with Crippen molar-refractivity contribution < 1.29 is 9.59 Å². The summed E-state index contributed by atoms with van der Waals surface area (Å²) < 4.78 is 0. The van der Waals surface area contributed by atoms with Gasteiger partial charge in [-0.3, -0.25) is 10.1 Å². The number of urea groups is 1. The molecule has 0 aliphatic heterocycles. The van der Waals surface area contributed by atoms with E-state index in [0.29, 0.717) is 6.54 Å². The van der Waals surface area contributed by atoms with Gasteiger partial charge in [0.2, 0.25) is 5.91 Å². The van der Waals surface area contributed by atoms with Crippen LogP contribution in [0.4, 0.5) is 4.79 Å². The molecule has 15 heavy (non-hydrogen) atoms. The Morgan fingerprint density at radius 2 is 1.87 bits per heavy atom. The molecule has 0 spiro atoms. The molecule has 3 amide bonds. The Labute approximate surface area is 95.7 Å². The van der Waals surface area contributed by atoms with Crippen LogP contribution in [0.5, 0.6) is 0 Å². The molecule has 0 aromatic rings. The molecule has 0 fully saturated rings. The number of alkyl halides is 1. The molecule has 0 saturated carbocycles. The van der Waals surface area contributed by atoms with Crippen molar-refractivity contribution in [1.82, 2.24) is 10.6 Å². The molecule has 4 nitrogen and oxygen atoms in total. The second-order valence-corrected chi connectivity index (χ2v) is 4.93. The van der Waals surface area contributed by atoms with Gasteiger partial charge in [-0.15, -0.1) is 11.6 Å². The molecule has 88 valence electrons. The minimum Gasteiger partial charge on any atom is -0.338 e. The lowest BCUT2D eigenvalue weighted by Gasteiger charge is -2.17. The molecule has 0 unspecified atom stereocenters. The average molecular weight is 235 g/mol. The third-order valence-corrected chi connectivity index (χ3v) is 1.92. The van der Waals surface area contributed by atoms with Crippen molar-refractivity contribution >= 4 is 23.5 Å². The van der Waals surface area contributed by atoms with Crippen LogP contribution in [0.15, 0.2) is 0 Å². The Hall–Kier alpha value is -0.770. The molecule has 0 bridgehead atoms. The third kappa shape index (κ3) is 9.53. The van der Waals surface area contributed by atoms with E-state index >= 15 is 0 Å². The second-order valence-electron chi connectivity index (χ2n) is 4.55. The number of amides is 3. The maximum atomic E-state index is 11.1. The summed E-state index contributed by atoms with van der Waals surface area (Å²) in [6.45, 7) is 6.82. The molecule has 0 saturated heterocycles. The van der Waals surface area contributed by atoms with Gasteiger partial charge in [-0.2, -0.15) is 0 Å². The highest BCUT2D eigenvalue weighted by Gasteiger charge is 2.11. The Bertz CT molecular complexity index is 224. The number of imide groups is 1. The van der Waals surface area contributed by atoms with Crippen LogP contribution in [0.2, 0.25) is 0 Å². The quantitative estimate of drug-likeness (QED) is 0.730. The van der Waals surface area contributed by atoms with Gasteiger partial charge in [0.25, 0.3) is 0 Å². The van der Waals surface area contributed by atoms with Gasteiger partial charge in [0.05, 0.1) is 0 Å². The molecule has 0 aliphatic rings. The van der Waals surface area contributed by atoms with Crippen LogP contribution in [0.25, 0.3) is 0 Å². The topological polar surface area (TPSA) is 58.2 Å². The molecule has 0 aliphatic carbocycles. The van der Waals surface area contributed by atoms with E-state index in [2.05, 4.69) is 31.4 Å². The van der Waals surface area contributed by atoms with E-state index in [-0.39, 0.29) is 23.6 Å². The van der Waals surface area contributed by atoms with Crippen LogP contribution in [0, 0.1) is 5.41 Å². The minimum absolute atomic E-state index is 0.161. The smallest absolute Gasteiger partial charge is 0.321 e. The number of rotatable bonds is 4. The van der Waals surface area contributed by atoms with E-state index in [4.69, 9.17) is 11.6 Å². The lowest BCUT2D eigenvalue weighted by Crippen LogP contribution is -2.40. The van der Waals surface area contributed by atoms with Gasteiger partial charge in [0.1, 0.15) is 0 Å². The Morgan fingerprint density at radius 3 is 2.33 bits per heavy atom. The average Bonchev–Trinajstić information content (AvgIpc) is 2.01. The minimum atomic E-state index is -0.450. The highest BCUT2D eigenvalue weighted by atomic mass is 35.5. The summed E-state index contributed by atoms with van der Waals surface area (Å²) in [6, 6.07) is -0.450. The normalized spacial score (nSPS) is 10.9. The molecular weight excluding hydrogens is 216 g/mol. The summed E-state index contributed by atoms with van der Waals surface area (Å²) in [7, 11) is 0. The fraction of sp³-hybridized carbons (Fsp3) is 0.800. The highest BCUT2D eigenvalue weighted by Crippen LogP contribution is 2.16. The predicted octanol–water partition coefficient (Wildman–Crippen LogP) is 1.88. The number of hydrogen-bond acceptors (Lipinski definition) is 2. The van der Waals surface area contributed by atoms with E-state index in [1.54, 1.807) is 0 Å². The number of halogens is 1. The Balaban J connectivity index is 3.62. The first-order chi connectivity index (χ1) is 6.85. The summed E-state index contributed by atoms with van der Waals surface area (Å²) in [5.74, 6) is -0.126. The van der Waals surface area contributed by atoms with Crippen molar-refractivity contribution in [3.63, 3.8) is 0 Å². The monoisotopic (exact) mass is 234 g/mol. The molecular formula is C10H19ClN2O2. The van der Waals surface area contributed by atoms with E-state index in [0.717, 1.165) is 6.42 Å². The number of nitrogens with one attached hydrogen (secondary N) is 2. The molecule has 0 aromatic carbocycles. The van der Waals surface area contributed by atoms with E-state index in [1.807, 2.05) is 0 Å². The summed E-state index contributed by atoms with van der Waals surface area (Å²) in [5, 5.41) is 4.81. The lowest BCUT2D eigenvalue weighted by molar-refractivity contribution is -0.119. The largest absolute Gasteiger partial charge is 0.338 e.